The van der Waals surface area contributed by atoms with Gasteiger partial charge in [0.05, 0.1) is 18.0 Å². The largest absolute Gasteiger partial charge is 0.323 e. The Bertz CT molecular complexity index is 1280. The van der Waals surface area contributed by atoms with Crippen molar-refractivity contribution in [2.75, 3.05) is 23.8 Å². The predicted octanol–water partition coefficient (Wildman–Crippen LogP) is 5.21. The van der Waals surface area contributed by atoms with Gasteiger partial charge < -0.3 is 4.57 Å². The molecule has 1 N–H and O–H groups in total. The van der Waals surface area contributed by atoms with E-state index in [0.29, 0.717) is 17.8 Å². The highest BCUT2D eigenvalue weighted by molar-refractivity contribution is 8.32. The van der Waals surface area contributed by atoms with E-state index in [9.17, 15) is 13.6 Å². The van der Waals surface area contributed by atoms with Gasteiger partial charge >= 0.3 is 0 Å². The van der Waals surface area contributed by atoms with Crippen molar-refractivity contribution in [3.05, 3.63) is 47.4 Å². The van der Waals surface area contributed by atoms with Crippen molar-refractivity contribution in [3.8, 4) is 0 Å². The Labute approximate surface area is 200 Å². The summed E-state index contributed by atoms with van der Waals surface area (Å²) in [5.41, 5.74) is 4.69. The van der Waals surface area contributed by atoms with Gasteiger partial charge in [-0.1, -0.05) is 0 Å². The quantitative estimate of drug-likeness (QED) is 0.549. The second kappa shape index (κ2) is 8.22. The molecule has 34 heavy (non-hydrogen) atoms. The molecule has 5 rings (SSSR count). The molecule has 0 bridgehead atoms. The molecule has 1 aliphatic heterocycles. The summed E-state index contributed by atoms with van der Waals surface area (Å²) in [6.45, 7) is 3.87. The molecule has 182 valence electrons. The Morgan fingerprint density at radius 3 is 2.53 bits per heavy atom. The predicted molar refractivity (Wildman–Crippen MR) is 133 cm³/mol. The number of amides is 1. The summed E-state index contributed by atoms with van der Waals surface area (Å²) in [4.78, 5) is 22.8. The lowest BCUT2D eigenvalue weighted by atomic mass is 10.0. The van der Waals surface area contributed by atoms with Crippen LogP contribution in [0.3, 0.4) is 0 Å². The van der Waals surface area contributed by atoms with Crippen molar-refractivity contribution in [2.24, 2.45) is 0 Å². The Balaban J connectivity index is 1.49. The Hall–Kier alpha value is -2.68. The van der Waals surface area contributed by atoms with E-state index in [0.717, 1.165) is 41.7 Å². The number of nitrogens with zero attached hydrogens (tertiary/aromatic N) is 4. The van der Waals surface area contributed by atoms with Crippen LogP contribution in [0.2, 0.25) is 0 Å². The summed E-state index contributed by atoms with van der Waals surface area (Å²) in [6.07, 6.45) is 9.64. The van der Waals surface area contributed by atoms with Gasteiger partial charge in [0.25, 0.3) is 0 Å². The molecule has 3 heterocycles. The standard InChI is InChI=1S/C25H31F2N5OS/c1-14-12-22(33)30-32(14)25-21(34(3,4)5)11-10-19(29-25)16-6-7-17(13-16)31-15(2)28-20-9-8-18(26)23(27)24(20)31/h8-11,14,16-17H,6-7,12-13H2,1-5H3,(H,30,33). The maximum atomic E-state index is 14.7. The highest BCUT2D eigenvalue weighted by Gasteiger charge is 2.34. The molecule has 3 aromatic rings. The van der Waals surface area contributed by atoms with Crippen molar-refractivity contribution in [1.82, 2.24) is 20.0 Å². The number of imidazole rings is 1. The van der Waals surface area contributed by atoms with E-state index >= 15 is 0 Å². The number of halogens is 2. The number of rotatable bonds is 4. The molecule has 1 aliphatic carbocycles. The van der Waals surface area contributed by atoms with Gasteiger partial charge in [0.15, 0.2) is 17.5 Å². The van der Waals surface area contributed by atoms with E-state index in [1.54, 1.807) is 0 Å². The van der Waals surface area contributed by atoms with Crippen LogP contribution < -0.4 is 10.4 Å². The number of hydrogen-bond donors (Lipinski definition) is 1. The smallest absolute Gasteiger partial charge is 0.240 e. The normalized spacial score (nSPS) is 23.7. The topological polar surface area (TPSA) is 63.1 Å². The van der Waals surface area contributed by atoms with Gasteiger partial charge in [-0.15, -0.1) is 0 Å². The molecule has 1 amide bonds. The van der Waals surface area contributed by atoms with Crippen molar-refractivity contribution in [3.63, 3.8) is 0 Å². The summed E-state index contributed by atoms with van der Waals surface area (Å²) in [5.74, 6) is 0.0371. The number of carbonyl (C=O) groups is 1. The first-order chi connectivity index (χ1) is 16.0. The van der Waals surface area contributed by atoms with Gasteiger partial charge in [0.1, 0.15) is 11.3 Å². The van der Waals surface area contributed by atoms with E-state index in [-0.39, 0.29) is 29.4 Å². The van der Waals surface area contributed by atoms with E-state index in [2.05, 4.69) is 41.3 Å². The maximum absolute atomic E-state index is 14.7. The third kappa shape index (κ3) is 3.83. The van der Waals surface area contributed by atoms with E-state index in [4.69, 9.17) is 4.98 Å². The first-order valence-electron chi connectivity index (χ1n) is 11.6. The minimum Gasteiger partial charge on any atom is -0.323 e. The number of anilines is 1. The number of hydrazine groups is 1. The lowest BCUT2D eigenvalue weighted by molar-refractivity contribution is -0.119. The second-order valence-corrected chi connectivity index (χ2v) is 14.4. The fraction of sp³-hybridized carbons (Fsp3) is 0.480. The first-order valence-corrected chi connectivity index (χ1v) is 14.5. The zero-order valence-corrected chi connectivity index (χ0v) is 21.0. The van der Waals surface area contributed by atoms with Crippen LogP contribution in [0.25, 0.3) is 11.0 Å². The molecule has 3 unspecified atom stereocenters. The van der Waals surface area contributed by atoms with Gasteiger partial charge in [-0.25, -0.2) is 28.8 Å². The molecule has 0 spiro atoms. The van der Waals surface area contributed by atoms with Crippen LogP contribution in [-0.4, -0.2) is 45.3 Å². The number of hydrogen-bond acceptors (Lipinski definition) is 4. The van der Waals surface area contributed by atoms with Crippen LogP contribution in [0.1, 0.15) is 56.1 Å². The lowest BCUT2D eigenvalue weighted by Crippen LogP contribution is -2.38. The number of carbonyl (C=O) groups excluding carboxylic acids is 1. The van der Waals surface area contributed by atoms with Crippen molar-refractivity contribution >= 4 is 32.8 Å². The molecule has 0 radical (unpaired) electrons. The first kappa shape index (κ1) is 23.1. The molecule has 6 nitrogen and oxygen atoms in total. The average molecular weight is 488 g/mol. The van der Waals surface area contributed by atoms with E-state index in [1.807, 2.05) is 23.4 Å². The SMILES string of the molecule is Cc1nc2ccc(F)c(F)c2n1C1CCC(c2ccc(S(C)(C)C)c(N3NC(=O)CC3C)n2)C1. The van der Waals surface area contributed by atoms with Crippen molar-refractivity contribution < 1.29 is 13.6 Å². The molecular weight excluding hydrogens is 456 g/mol. The number of aryl methyl sites for hydroxylation is 1. The summed E-state index contributed by atoms with van der Waals surface area (Å²) in [6, 6.07) is 6.99. The van der Waals surface area contributed by atoms with E-state index < -0.39 is 21.7 Å². The molecule has 1 aromatic carbocycles. The van der Waals surface area contributed by atoms with Crippen LogP contribution in [0.15, 0.2) is 29.2 Å². The molecular formula is C25H31F2N5OS. The number of pyridine rings is 1. The average Bonchev–Trinajstić information content (AvgIpc) is 3.46. The lowest BCUT2D eigenvalue weighted by Gasteiger charge is -2.33. The number of fused-ring (bicyclic) bond motifs is 1. The fourth-order valence-corrected chi connectivity index (χ4v) is 6.55. The second-order valence-electron chi connectivity index (χ2n) is 10.3. The Morgan fingerprint density at radius 2 is 1.85 bits per heavy atom. The third-order valence-electron chi connectivity index (χ3n) is 7.02. The minimum absolute atomic E-state index is 0.00668. The molecule has 3 atom stereocenters. The Kier molecular flexibility index (Phi) is 5.58. The maximum Gasteiger partial charge on any atom is 0.240 e. The van der Waals surface area contributed by atoms with Crippen LogP contribution in [-0.2, 0) is 4.79 Å². The minimum atomic E-state index is -1.08. The van der Waals surface area contributed by atoms with Crippen LogP contribution in [0.4, 0.5) is 14.6 Å². The van der Waals surface area contributed by atoms with Crippen molar-refractivity contribution in [1.29, 1.82) is 0 Å². The third-order valence-corrected chi connectivity index (χ3v) is 8.66. The van der Waals surface area contributed by atoms with Crippen molar-refractivity contribution in [2.45, 2.75) is 62.4 Å². The van der Waals surface area contributed by atoms with Crippen LogP contribution in [0, 0.1) is 18.6 Å². The summed E-state index contributed by atoms with van der Waals surface area (Å²) >= 11 is 0. The van der Waals surface area contributed by atoms with E-state index in [1.165, 1.54) is 6.07 Å². The Morgan fingerprint density at radius 1 is 1.09 bits per heavy atom. The molecule has 2 fully saturated rings. The van der Waals surface area contributed by atoms with Gasteiger partial charge in [-0.05, 0) is 76.1 Å². The summed E-state index contributed by atoms with van der Waals surface area (Å²) in [7, 11) is -1.08. The zero-order chi connectivity index (χ0) is 24.4. The number of aromatic nitrogens is 3. The zero-order valence-electron chi connectivity index (χ0n) is 20.2. The van der Waals surface area contributed by atoms with Gasteiger partial charge in [-0.3, -0.25) is 15.2 Å². The number of nitrogens with one attached hydrogen (secondary N) is 1. The molecule has 9 heteroatoms. The molecule has 2 aliphatic rings. The van der Waals surface area contributed by atoms with Gasteiger partial charge in [0.2, 0.25) is 5.91 Å². The summed E-state index contributed by atoms with van der Waals surface area (Å²) in [5, 5.41) is 1.91. The molecule has 1 saturated heterocycles. The van der Waals surface area contributed by atoms with Crippen LogP contribution in [0.5, 0.6) is 0 Å². The monoisotopic (exact) mass is 487 g/mol. The molecule has 1 saturated carbocycles. The highest BCUT2D eigenvalue weighted by Crippen LogP contribution is 2.51. The van der Waals surface area contributed by atoms with Gasteiger partial charge in [0, 0.05) is 22.5 Å². The van der Waals surface area contributed by atoms with Gasteiger partial charge in [-0.2, -0.15) is 0 Å². The highest BCUT2D eigenvalue weighted by atomic mass is 32.3. The number of benzene rings is 1. The van der Waals surface area contributed by atoms with Crippen LogP contribution >= 0.6 is 10.0 Å². The fourth-order valence-electron chi connectivity index (χ4n) is 5.39. The summed E-state index contributed by atoms with van der Waals surface area (Å²) < 4.78 is 30.6. The molecule has 2 aromatic heterocycles.